The van der Waals surface area contributed by atoms with E-state index < -0.39 is 15.1 Å². The Morgan fingerprint density at radius 2 is 1.75 bits per heavy atom. The highest BCUT2D eigenvalue weighted by Crippen LogP contribution is 2.37. The number of ether oxygens (including phenoxy) is 4. The highest BCUT2D eigenvalue weighted by molar-refractivity contribution is 7.91. The van der Waals surface area contributed by atoms with Gasteiger partial charge in [-0.25, -0.2) is 28.4 Å². The van der Waals surface area contributed by atoms with Crippen molar-refractivity contribution in [2.75, 3.05) is 34.0 Å². The van der Waals surface area contributed by atoms with E-state index in [-0.39, 0.29) is 19.0 Å². The number of pyridine rings is 1. The minimum Gasteiger partial charge on any atom is -0.494 e. The molecule has 4 heterocycles. The molecule has 0 unspecified atom stereocenters. The van der Waals surface area contributed by atoms with Crippen molar-refractivity contribution in [2.45, 2.75) is 17.9 Å². The molecule has 188 valence electrons. The molecular formula is C24H25N5O6S. The first kappa shape index (κ1) is 23.9. The molecule has 5 rings (SSSR count). The molecule has 0 radical (unpaired) electrons. The second kappa shape index (κ2) is 9.70. The van der Waals surface area contributed by atoms with Crippen LogP contribution in [-0.4, -0.2) is 72.2 Å². The molecular weight excluding hydrogens is 486 g/mol. The lowest BCUT2D eigenvalue weighted by Crippen LogP contribution is -2.41. The van der Waals surface area contributed by atoms with Crippen molar-refractivity contribution in [1.82, 2.24) is 24.5 Å². The Bertz CT molecular complexity index is 1490. The molecule has 3 aromatic heterocycles. The number of fused-ring (bicyclic) bond motifs is 1. The Morgan fingerprint density at radius 1 is 1.03 bits per heavy atom. The van der Waals surface area contributed by atoms with Gasteiger partial charge >= 0.3 is 0 Å². The molecule has 0 bridgehead atoms. The summed E-state index contributed by atoms with van der Waals surface area (Å²) in [6.07, 6.45) is 1.43. The summed E-state index contributed by atoms with van der Waals surface area (Å²) in [5.74, 6) is 1.60. The quantitative estimate of drug-likeness (QED) is 0.331. The molecule has 1 aromatic carbocycles. The molecule has 1 aliphatic heterocycles. The summed E-state index contributed by atoms with van der Waals surface area (Å²) in [5.41, 5.74) is 2.00. The third kappa shape index (κ3) is 4.33. The van der Waals surface area contributed by atoms with Crippen molar-refractivity contribution in [3.63, 3.8) is 0 Å². The average molecular weight is 512 g/mol. The smallest absolute Gasteiger partial charge is 0.213 e. The van der Waals surface area contributed by atoms with Crippen LogP contribution >= 0.6 is 0 Å². The molecule has 0 N–H and O–H groups in total. The van der Waals surface area contributed by atoms with Gasteiger partial charge in [0.25, 0.3) is 0 Å². The first-order valence-corrected chi connectivity index (χ1v) is 13.0. The number of para-hydroxylation sites is 1. The van der Waals surface area contributed by atoms with E-state index in [4.69, 9.17) is 23.9 Å². The van der Waals surface area contributed by atoms with Crippen LogP contribution in [0.15, 0.2) is 42.6 Å². The van der Waals surface area contributed by atoms with Crippen LogP contribution in [0.3, 0.4) is 0 Å². The van der Waals surface area contributed by atoms with Gasteiger partial charge in [-0.3, -0.25) is 4.57 Å². The van der Waals surface area contributed by atoms with E-state index in [1.54, 1.807) is 49.1 Å². The van der Waals surface area contributed by atoms with Crippen LogP contribution in [0.5, 0.6) is 17.4 Å². The lowest BCUT2D eigenvalue weighted by Gasteiger charge is -2.25. The van der Waals surface area contributed by atoms with Gasteiger partial charge in [-0.05, 0) is 25.1 Å². The number of hydrogen-bond acceptors (Lipinski definition) is 10. The van der Waals surface area contributed by atoms with Crippen LogP contribution in [0.25, 0.3) is 28.5 Å². The molecule has 11 nitrogen and oxygen atoms in total. The molecule has 0 saturated carbocycles. The zero-order valence-corrected chi connectivity index (χ0v) is 20.9. The molecule has 0 amide bonds. The molecule has 12 heteroatoms. The fourth-order valence-corrected chi connectivity index (χ4v) is 5.30. The van der Waals surface area contributed by atoms with Crippen LogP contribution in [0.1, 0.15) is 12.6 Å². The van der Waals surface area contributed by atoms with Gasteiger partial charge in [0, 0.05) is 6.07 Å². The Morgan fingerprint density at radius 3 is 2.39 bits per heavy atom. The normalized spacial score (nSPS) is 14.0. The number of sulfone groups is 1. The van der Waals surface area contributed by atoms with Crippen molar-refractivity contribution in [1.29, 1.82) is 0 Å². The van der Waals surface area contributed by atoms with Crippen LogP contribution in [0, 0.1) is 0 Å². The fourth-order valence-electron chi connectivity index (χ4n) is 3.91. The van der Waals surface area contributed by atoms with Gasteiger partial charge in [0.05, 0.1) is 51.7 Å². The molecule has 0 atom stereocenters. The van der Waals surface area contributed by atoms with Gasteiger partial charge in [0.2, 0.25) is 5.88 Å². The highest BCUT2D eigenvalue weighted by Gasteiger charge is 2.33. The minimum atomic E-state index is -3.44. The molecule has 0 aliphatic carbocycles. The summed E-state index contributed by atoms with van der Waals surface area (Å²) in [6.45, 7) is 2.73. The standard InChI is InChI=1S/C24H25N5O6S/c1-4-35-20-10-5-7-17(27-20)23-28-22-24(29(23)21-18(32-2)8-6-9-19(21)33-3)26-15(11-25-22)14-36(30,31)16-12-34-13-16/h5-11,16H,4,12-14H2,1-3H3. The van der Waals surface area contributed by atoms with Crippen molar-refractivity contribution >= 4 is 21.1 Å². The minimum absolute atomic E-state index is 0.195. The summed E-state index contributed by atoms with van der Waals surface area (Å²) < 4.78 is 49.2. The monoisotopic (exact) mass is 511 g/mol. The molecule has 1 fully saturated rings. The summed E-state index contributed by atoms with van der Waals surface area (Å²) in [5, 5.41) is -0.532. The molecule has 4 aromatic rings. The lowest BCUT2D eigenvalue weighted by atomic mass is 10.2. The zero-order chi connectivity index (χ0) is 25.3. The average Bonchev–Trinajstić information content (AvgIpc) is 3.20. The largest absolute Gasteiger partial charge is 0.494 e. The van der Waals surface area contributed by atoms with E-state index >= 15 is 0 Å². The van der Waals surface area contributed by atoms with Gasteiger partial charge in [0.1, 0.15) is 28.1 Å². The van der Waals surface area contributed by atoms with E-state index in [0.717, 1.165) is 0 Å². The number of benzene rings is 1. The number of nitrogens with zero attached hydrogens (tertiary/aromatic N) is 5. The maximum atomic E-state index is 12.8. The lowest BCUT2D eigenvalue weighted by molar-refractivity contribution is 0.0415. The summed E-state index contributed by atoms with van der Waals surface area (Å²) >= 11 is 0. The second-order valence-corrected chi connectivity index (χ2v) is 10.3. The zero-order valence-electron chi connectivity index (χ0n) is 20.0. The van der Waals surface area contributed by atoms with E-state index in [0.29, 0.717) is 58.2 Å². The number of rotatable bonds is 9. The fraction of sp³-hybridized carbons (Fsp3) is 0.333. The van der Waals surface area contributed by atoms with Crippen LogP contribution < -0.4 is 14.2 Å². The first-order chi connectivity index (χ1) is 17.4. The van der Waals surface area contributed by atoms with Crippen LogP contribution in [0.4, 0.5) is 0 Å². The van der Waals surface area contributed by atoms with Crippen molar-refractivity contribution in [3.05, 3.63) is 48.3 Å². The van der Waals surface area contributed by atoms with Gasteiger partial charge in [-0.1, -0.05) is 12.1 Å². The highest BCUT2D eigenvalue weighted by atomic mass is 32.2. The van der Waals surface area contributed by atoms with E-state index in [1.807, 2.05) is 13.0 Å². The van der Waals surface area contributed by atoms with E-state index in [2.05, 4.69) is 15.0 Å². The summed E-state index contributed by atoms with van der Waals surface area (Å²) in [4.78, 5) is 18.4. The third-order valence-electron chi connectivity index (χ3n) is 5.76. The predicted molar refractivity (Wildman–Crippen MR) is 131 cm³/mol. The SMILES string of the molecule is CCOc1cccc(-c2nc3ncc(CS(=O)(=O)C4COC4)nc3n2-c2c(OC)cccc2OC)n1. The van der Waals surface area contributed by atoms with Crippen molar-refractivity contribution in [2.24, 2.45) is 0 Å². The van der Waals surface area contributed by atoms with Gasteiger partial charge in [0.15, 0.2) is 27.0 Å². The predicted octanol–water partition coefficient (Wildman–Crippen LogP) is 2.61. The maximum Gasteiger partial charge on any atom is 0.213 e. The van der Waals surface area contributed by atoms with Gasteiger partial charge < -0.3 is 18.9 Å². The Kier molecular flexibility index (Phi) is 6.46. The van der Waals surface area contributed by atoms with E-state index in [9.17, 15) is 8.42 Å². The number of aromatic nitrogens is 5. The van der Waals surface area contributed by atoms with Gasteiger partial charge in [-0.2, -0.15) is 0 Å². The number of hydrogen-bond donors (Lipinski definition) is 0. The first-order valence-electron chi connectivity index (χ1n) is 11.3. The Balaban J connectivity index is 1.74. The van der Waals surface area contributed by atoms with Gasteiger partial charge in [-0.15, -0.1) is 0 Å². The van der Waals surface area contributed by atoms with Crippen molar-refractivity contribution in [3.8, 4) is 34.6 Å². The Hall–Kier alpha value is -3.77. The number of methoxy groups -OCH3 is 2. The Labute approximate surface area is 208 Å². The molecule has 1 aliphatic rings. The topological polar surface area (TPSA) is 128 Å². The molecule has 0 spiro atoms. The molecule has 36 heavy (non-hydrogen) atoms. The van der Waals surface area contributed by atoms with Crippen LogP contribution in [-0.2, 0) is 20.3 Å². The molecule has 1 saturated heterocycles. The second-order valence-electron chi connectivity index (χ2n) is 8.05. The van der Waals surface area contributed by atoms with Crippen molar-refractivity contribution < 1.29 is 27.4 Å². The maximum absolute atomic E-state index is 12.8. The van der Waals surface area contributed by atoms with E-state index in [1.165, 1.54) is 6.20 Å². The summed E-state index contributed by atoms with van der Waals surface area (Å²) in [6, 6.07) is 10.7. The number of imidazole rings is 1. The summed E-state index contributed by atoms with van der Waals surface area (Å²) in [7, 11) is -0.339. The van der Waals surface area contributed by atoms with Crippen LogP contribution in [0.2, 0.25) is 0 Å². The third-order valence-corrected chi connectivity index (χ3v) is 7.74.